The number of fused-ring (bicyclic) bond motifs is 3. The van der Waals surface area contributed by atoms with Crippen molar-refractivity contribution in [1.82, 2.24) is 9.97 Å². The van der Waals surface area contributed by atoms with E-state index in [9.17, 15) is 9.59 Å². The second kappa shape index (κ2) is 5.26. The largest absolute Gasteiger partial charge is 0.455 e. The highest BCUT2D eigenvalue weighted by molar-refractivity contribution is 7.18. The highest BCUT2D eigenvalue weighted by Gasteiger charge is 2.24. The fourth-order valence-corrected chi connectivity index (χ4v) is 4.25. The second-order valence-corrected chi connectivity index (χ2v) is 6.82. The van der Waals surface area contributed by atoms with Gasteiger partial charge >= 0.3 is 5.97 Å². The van der Waals surface area contributed by atoms with Crippen molar-refractivity contribution in [2.45, 2.75) is 46.1 Å². The molecule has 1 N–H and O–H groups in total. The molecule has 112 valence electrons. The van der Waals surface area contributed by atoms with Gasteiger partial charge in [0.1, 0.15) is 4.83 Å². The number of rotatable bonds is 2. The first-order chi connectivity index (χ1) is 9.95. The zero-order chi connectivity index (χ0) is 15.1. The lowest BCUT2D eigenvalue weighted by Gasteiger charge is -2.17. The fraction of sp³-hybridized carbons (Fsp3) is 0.533. The van der Waals surface area contributed by atoms with Crippen LogP contribution >= 0.6 is 11.3 Å². The van der Waals surface area contributed by atoms with Crippen molar-refractivity contribution in [3.8, 4) is 0 Å². The quantitative estimate of drug-likeness (QED) is 0.866. The van der Waals surface area contributed by atoms with E-state index >= 15 is 0 Å². The average Bonchev–Trinajstić information content (AvgIpc) is 2.75. The third kappa shape index (κ3) is 2.60. The van der Waals surface area contributed by atoms with Crippen molar-refractivity contribution in [2.75, 3.05) is 0 Å². The topological polar surface area (TPSA) is 72.0 Å². The molecular formula is C15H18N2O3S. The summed E-state index contributed by atoms with van der Waals surface area (Å²) in [6.45, 7) is 5.29. The predicted octanol–water partition coefficient (Wildman–Crippen LogP) is 2.73. The molecule has 2 atom stereocenters. The van der Waals surface area contributed by atoms with Gasteiger partial charge in [-0.05, 0) is 37.7 Å². The minimum atomic E-state index is -0.544. The van der Waals surface area contributed by atoms with Gasteiger partial charge in [-0.1, -0.05) is 6.92 Å². The number of esters is 1. The summed E-state index contributed by atoms with van der Waals surface area (Å²) in [4.78, 5) is 32.7. The van der Waals surface area contributed by atoms with Crippen LogP contribution in [0.5, 0.6) is 0 Å². The summed E-state index contributed by atoms with van der Waals surface area (Å²) < 4.78 is 5.09. The number of carbonyl (C=O) groups is 1. The molecule has 0 aromatic carbocycles. The van der Waals surface area contributed by atoms with Crippen LogP contribution in [0.2, 0.25) is 0 Å². The summed E-state index contributed by atoms with van der Waals surface area (Å²) >= 11 is 1.60. The number of ether oxygens (including phenoxy) is 1. The monoisotopic (exact) mass is 306 g/mol. The molecule has 0 saturated carbocycles. The van der Waals surface area contributed by atoms with Gasteiger partial charge in [-0.2, -0.15) is 0 Å². The Morgan fingerprint density at radius 1 is 1.52 bits per heavy atom. The van der Waals surface area contributed by atoms with E-state index in [0.29, 0.717) is 11.7 Å². The molecule has 0 bridgehead atoms. The fourth-order valence-electron chi connectivity index (χ4n) is 2.86. The number of hydrogen-bond donors (Lipinski definition) is 1. The van der Waals surface area contributed by atoms with Crippen LogP contribution in [0.1, 0.15) is 49.6 Å². The molecule has 6 heteroatoms. The smallest absolute Gasteiger partial charge is 0.303 e. The van der Waals surface area contributed by atoms with E-state index in [0.717, 1.165) is 35.0 Å². The van der Waals surface area contributed by atoms with E-state index in [-0.39, 0.29) is 11.5 Å². The van der Waals surface area contributed by atoms with Crippen LogP contribution in [0.15, 0.2) is 4.79 Å². The van der Waals surface area contributed by atoms with Gasteiger partial charge in [0, 0.05) is 11.8 Å². The van der Waals surface area contributed by atoms with Crippen LogP contribution in [0, 0.1) is 5.92 Å². The van der Waals surface area contributed by atoms with Crippen molar-refractivity contribution in [3.63, 3.8) is 0 Å². The van der Waals surface area contributed by atoms with Gasteiger partial charge in [0.05, 0.1) is 5.39 Å². The molecule has 0 spiro atoms. The Balaban J connectivity index is 2.09. The number of hydrogen-bond acceptors (Lipinski definition) is 5. The Labute approximate surface area is 126 Å². The Morgan fingerprint density at radius 2 is 2.29 bits per heavy atom. The number of H-pyrrole nitrogens is 1. The number of nitrogens with one attached hydrogen (secondary N) is 1. The molecule has 2 heterocycles. The van der Waals surface area contributed by atoms with Gasteiger partial charge < -0.3 is 9.72 Å². The Bertz CT molecular complexity index is 762. The normalized spacial score (nSPS) is 19.3. The maximum absolute atomic E-state index is 12.4. The van der Waals surface area contributed by atoms with Gasteiger partial charge in [0.2, 0.25) is 0 Å². The molecule has 3 rings (SSSR count). The maximum atomic E-state index is 12.4. The SMILES string of the molecule is CC(=O)O[C@H](C)c1nc2sc3c(c2c(=O)[nH]1)CC[C@H](C)C3. The average molecular weight is 306 g/mol. The summed E-state index contributed by atoms with van der Waals surface area (Å²) in [5.41, 5.74) is 1.04. The molecule has 2 aromatic heterocycles. The lowest BCUT2D eigenvalue weighted by molar-refractivity contribution is -0.146. The Morgan fingerprint density at radius 3 is 3.00 bits per heavy atom. The minimum Gasteiger partial charge on any atom is -0.455 e. The molecule has 0 aliphatic heterocycles. The summed E-state index contributed by atoms with van der Waals surface area (Å²) in [5.74, 6) is 0.683. The highest BCUT2D eigenvalue weighted by Crippen LogP contribution is 2.35. The summed E-state index contributed by atoms with van der Waals surface area (Å²) in [6.07, 6.45) is 2.53. The van der Waals surface area contributed by atoms with Gasteiger partial charge in [-0.15, -0.1) is 11.3 Å². The summed E-state index contributed by atoms with van der Waals surface area (Å²) in [6, 6.07) is 0. The van der Waals surface area contributed by atoms with Gasteiger partial charge in [0.15, 0.2) is 11.9 Å². The molecule has 5 nitrogen and oxygen atoms in total. The summed E-state index contributed by atoms with van der Waals surface area (Å²) in [5, 5.41) is 0.723. The van der Waals surface area contributed by atoms with Gasteiger partial charge in [-0.25, -0.2) is 4.98 Å². The molecule has 0 radical (unpaired) electrons. The van der Waals surface area contributed by atoms with Crippen LogP contribution < -0.4 is 5.56 Å². The molecule has 0 fully saturated rings. The van der Waals surface area contributed by atoms with Crippen LogP contribution in [-0.2, 0) is 22.4 Å². The minimum absolute atomic E-state index is 0.124. The number of carbonyl (C=O) groups excluding carboxylic acids is 1. The zero-order valence-electron chi connectivity index (χ0n) is 12.4. The van der Waals surface area contributed by atoms with Gasteiger partial charge in [-0.3, -0.25) is 9.59 Å². The third-order valence-corrected chi connectivity index (χ3v) is 5.06. The molecule has 0 unspecified atom stereocenters. The first-order valence-electron chi connectivity index (χ1n) is 7.17. The zero-order valence-corrected chi connectivity index (χ0v) is 13.2. The predicted molar refractivity (Wildman–Crippen MR) is 81.6 cm³/mol. The number of aryl methyl sites for hydroxylation is 1. The molecular weight excluding hydrogens is 288 g/mol. The number of thiophene rings is 1. The molecule has 21 heavy (non-hydrogen) atoms. The van der Waals surface area contributed by atoms with Crippen molar-refractivity contribution >= 4 is 27.5 Å². The molecule has 1 aliphatic rings. The van der Waals surface area contributed by atoms with Crippen LogP contribution in [0.25, 0.3) is 10.2 Å². The van der Waals surface area contributed by atoms with E-state index in [2.05, 4.69) is 16.9 Å². The number of aromatic nitrogens is 2. The van der Waals surface area contributed by atoms with Gasteiger partial charge in [0.25, 0.3) is 5.56 Å². The number of nitrogens with zero attached hydrogens (tertiary/aromatic N) is 1. The molecule has 2 aromatic rings. The third-order valence-electron chi connectivity index (χ3n) is 3.91. The molecule has 0 saturated heterocycles. The summed E-state index contributed by atoms with van der Waals surface area (Å²) in [7, 11) is 0. The van der Waals surface area contributed by atoms with E-state index < -0.39 is 6.10 Å². The van der Waals surface area contributed by atoms with E-state index in [1.165, 1.54) is 11.8 Å². The Kier molecular flexibility index (Phi) is 3.57. The van der Waals surface area contributed by atoms with Crippen molar-refractivity contribution in [3.05, 3.63) is 26.6 Å². The maximum Gasteiger partial charge on any atom is 0.303 e. The number of aromatic amines is 1. The van der Waals surface area contributed by atoms with Crippen molar-refractivity contribution < 1.29 is 9.53 Å². The lowest BCUT2D eigenvalue weighted by Crippen LogP contribution is -2.17. The van der Waals surface area contributed by atoms with E-state index in [1.807, 2.05) is 0 Å². The Hall–Kier alpha value is -1.69. The second-order valence-electron chi connectivity index (χ2n) is 5.73. The first kappa shape index (κ1) is 14.3. The van der Waals surface area contributed by atoms with Crippen LogP contribution in [0.4, 0.5) is 0 Å². The van der Waals surface area contributed by atoms with Crippen molar-refractivity contribution in [2.24, 2.45) is 5.92 Å². The van der Waals surface area contributed by atoms with Crippen molar-refractivity contribution in [1.29, 1.82) is 0 Å². The van der Waals surface area contributed by atoms with E-state index in [1.54, 1.807) is 18.3 Å². The van der Waals surface area contributed by atoms with Crippen LogP contribution in [0.3, 0.4) is 0 Å². The first-order valence-corrected chi connectivity index (χ1v) is 7.99. The lowest BCUT2D eigenvalue weighted by atomic mass is 9.89. The highest BCUT2D eigenvalue weighted by atomic mass is 32.1. The van der Waals surface area contributed by atoms with Crippen LogP contribution in [-0.4, -0.2) is 15.9 Å². The standard InChI is InChI=1S/C15H18N2O3S/c1-7-4-5-10-11(6-7)21-15-12(10)14(19)16-13(17-15)8(2)20-9(3)18/h7-8H,4-6H2,1-3H3,(H,16,17,19)/t7-,8+/m0/s1. The molecule has 0 amide bonds. The molecule has 1 aliphatic carbocycles. The van der Waals surface area contributed by atoms with E-state index in [4.69, 9.17) is 4.74 Å².